The Morgan fingerprint density at radius 2 is 1.26 bits per heavy atom. The van der Waals surface area contributed by atoms with Crippen molar-refractivity contribution < 1.29 is 0 Å². The van der Waals surface area contributed by atoms with E-state index in [1.165, 1.54) is 11.4 Å². The Hall–Kier alpha value is -1.74. The Bertz CT molecular complexity index is 516. The third kappa shape index (κ3) is 3.18. The molecule has 2 aromatic heterocycles. The van der Waals surface area contributed by atoms with Crippen molar-refractivity contribution in [1.82, 2.24) is 14.9 Å². The molecule has 0 atom stereocenters. The second kappa shape index (κ2) is 5.49. The maximum absolute atomic E-state index is 4.73. The van der Waals surface area contributed by atoms with Gasteiger partial charge in [-0.15, -0.1) is 0 Å². The number of aromatic nitrogens is 2. The lowest BCUT2D eigenvalue weighted by Crippen LogP contribution is -2.19. The van der Waals surface area contributed by atoms with Crippen LogP contribution in [0.1, 0.15) is 29.2 Å². The van der Waals surface area contributed by atoms with Gasteiger partial charge in [-0.2, -0.15) is 0 Å². The second-order valence-electron chi connectivity index (χ2n) is 5.27. The molecule has 0 saturated carbocycles. The molecule has 0 aliphatic carbocycles. The molecule has 3 heterocycles. The normalized spacial score (nSPS) is 16.5. The van der Waals surface area contributed by atoms with Gasteiger partial charge in [0.05, 0.1) is 11.4 Å². The van der Waals surface area contributed by atoms with Crippen LogP contribution in [0.3, 0.4) is 0 Å². The molecule has 0 unspecified atom stereocenters. The third-order valence-corrected chi connectivity index (χ3v) is 3.46. The Balaban J connectivity index is 1.89. The van der Waals surface area contributed by atoms with E-state index < -0.39 is 0 Å². The minimum absolute atomic E-state index is 0.875. The van der Waals surface area contributed by atoms with Crippen molar-refractivity contribution in [1.29, 1.82) is 0 Å². The van der Waals surface area contributed by atoms with Crippen molar-refractivity contribution in [2.75, 3.05) is 7.05 Å². The Labute approximate surface area is 114 Å². The van der Waals surface area contributed by atoms with E-state index in [4.69, 9.17) is 9.97 Å². The van der Waals surface area contributed by atoms with Crippen molar-refractivity contribution in [3.63, 3.8) is 0 Å². The molecule has 0 N–H and O–H groups in total. The molecule has 2 aromatic rings. The highest BCUT2D eigenvalue weighted by Gasteiger charge is 2.07. The van der Waals surface area contributed by atoms with E-state index in [2.05, 4.69) is 48.3 Å². The lowest BCUT2D eigenvalue weighted by Gasteiger charge is -2.17. The summed E-state index contributed by atoms with van der Waals surface area (Å²) >= 11 is 0. The lowest BCUT2D eigenvalue weighted by atomic mass is 10.1. The molecule has 1 aliphatic rings. The van der Waals surface area contributed by atoms with Gasteiger partial charge in [0.1, 0.15) is 0 Å². The topological polar surface area (TPSA) is 29.0 Å². The van der Waals surface area contributed by atoms with E-state index in [9.17, 15) is 0 Å². The number of hydrogen-bond acceptors (Lipinski definition) is 3. The number of hydrogen-bond donors (Lipinski definition) is 0. The van der Waals surface area contributed by atoms with Crippen LogP contribution in [0.2, 0.25) is 0 Å². The standard InChI is InChI=1S/C16H19N3/c1-19-11-15-9-3-7-13(17-15)5-2-6-14-8-4-10-16(12-19)18-14/h3-4,7-10H,2,5-6,11-12H2,1H3. The van der Waals surface area contributed by atoms with Crippen molar-refractivity contribution in [2.24, 2.45) is 0 Å². The lowest BCUT2D eigenvalue weighted by molar-refractivity contribution is 0.310. The molecule has 3 heteroatoms. The highest BCUT2D eigenvalue weighted by molar-refractivity contribution is 5.15. The zero-order valence-corrected chi connectivity index (χ0v) is 11.3. The second-order valence-corrected chi connectivity index (χ2v) is 5.27. The fraction of sp³-hybridized carbons (Fsp3) is 0.375. The molecule has 0 radical (unpaired) electrons. The number of nitrogens with zero attached hydrogens (tertiary/aromatic N) is 3. The van der Waals surface area contributed by atoms with E-state index in [1.54, 1.807) is 0 Å². The minimum atomic E-state index is 0.875. The quantitative estimate of drug-likeness (QED) is 0.722. The summed E-state index contributed by atoms with van der Waals surface area (Å²) in [6.45, 7) is 1.75. The summed E-state index contributed by atoms with van der Waals surface area (Å²) in [5, 5.41) is 0. The average molecular weight is 253 g/mol. The van der Waals surface area contributed by atoms with Gasteiger partial charge < -0.3 is 0 Å². The molecule has 3 nitrogen and oxygen atoms in total. The fourth-order valence-corrected chi connectivity index (χ4v) is 2.57. The molecular formula is C16H19N3. The van der Waals surface area contributed by atoms with E-state index in [0.717, 1.165) is 43.7 Å². The third-order valence-electron chi connectivity index (χ3n) is 3.46. The van der Waals surface area contributed by atoms with Gasteiger partial charge in [0.2, 0.25) is 0 Å². The van der Waals surface area contributed by atoms with Crippen LogP contribution in [0.5, 0.6) is 0 Å². The van der Waals surface area contributed by atoms with Crippen LogP contribution in [0.25, 0.3) is 0 Å². The van der Waals surface area contributed by atoms with Crippen LogP contribution in [-0.2, 0) is 25.9 Å². The van der Waals surface area contributed by atoms with Gasteiger partial charge in [-0.3, -0.25) is 14.9 Å². The Morgan fingerprint density at radius 3 is 1.79 bits per heavy atom. The minimum Gasteiger partial charge on any atom is -0.295 e. The van der Waals surface area contributed by atoms with Gasteiger partial charge in [-0.25, -0.2) is 0 Å². The average Bonchev–Trinajstić information content (AvgIpc) is 2.38. The number of rotatable bonds is 0. The predicted molar refractivity (Wildman–Crippen MR) is 75.7 cm³/mol. The molecule has 0 saturated heterocycles. The number of pyridine rings is 2. The first-order chi connectivity index (χ1) is 9.29. The summed E-state index contributed by atoms with van der Waals surface area (Å²) in [6, 6.07) is 12.7. The van der Waals surface area contributed by atoms with E-state index >= 15 is 0 Å². The summed E-state index contributed by atoms with van der Waals surface area (Å²) < 4.78 is 0. The molecule has 0 spiro atoms. The zero-order chi connectivity index (χ0) is 13.1. The smallest absolute Gasteiger partial charge is 0.0547 e. The fourth-order valence-electron chi connectivity index (χ4n) is 2.57. The summed E-state index contributed by atoms with van der Waals surface area (Å²) in [5.74, 6) is 0. The van der Waals surface area contributed by atoms with Crippen LogP contribution in [0.4, 0.5) is 0 Å². The molecule has 0 aromatic carbocycles. The first-order valence-corrected chi connectivity index (χ1v) is 6.88. The first-order valence-electron chi connectivity index (χ1n) is 6.88. The highest BCUT2D eigenvalue weighted by Crippen LogP contribution is 2.11. The zero-order valence-electron chi connectivity index (χ0n) is 11.3. The van der Waals surface area contributed by atoms with Gasteiger partial charge in [0, 0.05) is 24.5 Å². The molecule has 4 bridgehead atoms. The maximum Gasteiger partial charge on any atom is 0.0547 e. The molecule has 0 fully saturated rings. The van der Waals surface area contributed by atoms with Gasteiger partial charge in [0.15, 0.2) is 0 Å². The SMILES string of the molecule is CN1Cc2cccc(n2)CCCc2cccc(n2)C1. The van der Waals surface area contributed by atoms with Crippen molar-refractivity contribution >= 4 is 0 Å². The van der Waals surface area contributed by atoms with Crippen LogP contribution in [0.15, 0.2) is 36.4 Å². The molecule has 1 aliphatic heterocycles. The molecule has 98 valence electrons. The first kappa shape index (κ1) is 12.3. The van der Waals surface area contributed by atoms with Crippen LogP contribution < -0.4 is 0 Å². The van der Waals surface area contributed by atoms with Crippen LogP contribution in [0, 0.1) is 0 Å². The Morgan fingerprint density at radius 1 is 0.789 bits per heavy atom. The largest absolute Gasteiger partial charge is 0.295 e. The summed E-state index contributed by atoms with van der Waals surface area (Å²) in [5.41, 5.74) is 4.69. The number of fused-ring (bicyclic) bond motifs is 4. The summed E-state index contributed by atoms with van der Waals surface area (Å²) in [6.07, 6.45) is 3.18. The van der Waals surface area contributed by atoms with Crippen molar-refractivity contribution in [3.05, 3.63) is 59.2 Å². The van der Waals surface area contributed by atoms with Crippen molar-refractivity contribution in [2.45, 2.75) is 32.4 Å². The maximum atomic E-state index is 4.73. The van der Waals surface area contributed by atoms with E-state index in [1.807, 2.05) is 0 Å². The Kier molecular flexibility index (Phi) is 3.56. The van der Waals surface area contributed by atoms with E-state index in [-0.39, 0.29) is 0 Å². The van der Waals surface area contributed by atoms with E-state index in [0.29, 0.717) is 0 Å². The van der Waals surface area contributed by atoms with Gasteiger partial charge in [-0.05, 0) is 50.6 Å². The monoisotopic (exact) mass is 253 g/mol. The molecule has 19 heavy (non-hydrogen) atoms. The molecular weight excluding hydrogens is 234 g/mol. The summed E-state index contributed by atoms with van der Waals surface area (Å²) in [4.78, 5) is 11.7. The van der Waals surface area contributed by atoms with Crippen molar-refractivity contribution in [3.8, 4) is 0 Å². The summed E-state index contributed by atoms with van der Waals surface area (Å²) in [7, 11) is 2.12. The van der Waals surface area contributed by atoms with Gasteiger partial charge in [0.25, 0.3) is 0 Å². The van der Waals surface area contributed by atoms with Crippen LogP contribution >= 0.6 is 0 Å². The van der Waals surface area contributed by atoms with Gasteiger partial charge >= 0.3 is 0 Å². The van der Waals surface area contributed by atoms with Crippen LogP contribution in [-0.4, -0.2) is 21.9 Å². The molecule has 0 amide bonds. The number of aryl methyl sites for hydroxylation is 2. The highest BCUT2D eigenvalue weighted by atomic mass is 15.1. The van der Waals surface area contributed by atoms with Gasteiger partial charge in [-0.1, -0.05) is 12.1 Å². The predicted octanol–water partition coefficient (Wildman–Crippen LogP) is 2.60. The molecule has 3 rings (SSSR count).